The summed E-state index contributed by atoms with van der Waals surface area (Å²) in [5, 5.41) is 15.0. The molecule has 3 rings (SSSR count). The minimum atomic E-state index is -1.45. The van der Waals surface area contributed by atoms with Crippen LogP contribution in [0.3, 0.4) is 0 Å². The van der Waals surface area contributed by atoms with Crippen molar-refractivity contribution >= 4 is 25.1 Å². The fraction of sp³-hybridized carbons (Fsp3) is 0.348. The van der Waals surface area contributed by atoms with Gasteiger partial charge in [0.1, 0.15) is 13.7 Å². The number of rotatable bonds is 5. The highest BCUT2D eigenvalue weighted by molar-refractivity contribution is 6.15. The van der Waals surface area contributed by atoms with Crippen molar-refractivity contribution in [3.63, 3.8) is 0 Å². The molecule has 4 N–H and O–H groups in total. The van der Waals surface area contributed by atoms with Crippen molar-refractivity contribution < 1.29 is 5.11 Å². The number of allylic oxidation sites excluding steroid dienone is 1. The van der Waals surface area contributed by atoms with Gasteiger partial charge in [-0.2, -0.15) is 0 Å². The summed E-state index contributed by atoms with van der Waals surface area (Å²) in [5.74, 6) is 0.371. The van der Waals surface area contributed by atoms with Gasteiger partial charge in [-0.3, -0.25) is 15.0 Å². The molecule has 2 atom stereocenters. The lowest BCUT2D eigenvalue weighted by molar-refractivity contribution is -0.117. The number of hydrogen-bond donors (Lipinski definition) is 3. The quantitative estimate of drug-likeness (QED) is 0.300. The maximum absolute atomic E-state index is 11.7. The summed E-state index contributed by atoms with van der Waals surface area (Å²) >= 11 is 0. The van der Waals surface area contributed by atoms with Crippen LogP contribution in [0.4, 0.5) is 11.4 Å². The topological polar surface area (TPSA) is 99.7 Å². The van der Waals surface area contributed by atoms with E-state index < -0.39 is 11.2 Å². The zero-order valence-electron chi connectivity index (χ0n) is 18.8. The smallest absolute Gasteiger partial charge is 0.163 e. The Kier molecular flexibility index (Phi) is 5.96. The number of nitrogens with two attached hydrogens (primary N) is 1. The minimum absolute atomic E-state index is 0.371. The number of anilines is 2. The molecule has 0 saturated heterocycles. The average Bonchev–Trinajstić information content (AvgIpc) is 2.69. The first-order chi connectivity index (χ1) is 14.5. The molecule has 0 aliphatic carbocycles. The molecule has 0 spiro atoms. The van der Waals surface area contributed by atoms with Crippen LogP contribution in [-0.4, -0.2) is 46.1 Å². The van der Waals surface area contributed by atoms with Crippen LogP contribution in [0, 0.1) is 6.92 Å². The third-order valence-electron chi connectivity index (χ3n) is 5.60. The monoisotopic (exact) mass is 416 g/mol. The molecule has 0 aromatic carbocycles. The second-order valence-corrected chi connectivity index (χ2v) is 8.35. The van der Waals surface area contributed by atoms with E-state index in [0.29, 0.717) is 23.5 Å². The predicted octanol–water partition coefficient (Wildman–Crippen LogP) is 2.88. The number of nitrogens with zero attached hydrogens (tertiary/aromatic N) is 4. The Morgan fingerprint density at radius 2 is 2.13 bits per heavy atom. The van der Waals surface area contributed by atoms with E-state index in [2.05, 4.69) is 26.9 Å². The third-order valence-corrected chi connectivity index (χ3v) is 5.60. The summed E-state index contributed by atoms with van der Waals surface area (Å²) in [5.41, 5.74) is 8.92. The molecule has 1 aliphatic rings. The fourth-order valence-electron chi connectivity index (χ4n) is 4.03. The van der Waals surface area contributed by atoms with Gasteiger partial charge in [0, 0.05) is 53.9 Å². The molecule has 2 radical (unpaired) electrons. The number of aryl methyl sites for hydroxylation is 1. The van der Waals surface area contributed by atoms with Crippen LogP contribution in [0.15, 0.2) is 59.6 Å². The Morgan fingerprint density at radius 3 is 2.77 bits per heavy atom. The molecule has 2 aromatic rings. The van der Waals surface area contributed by atoms with E-state index in [9.17, 15) is 5.11 Å². The lowest BCUT2D eigenvalue weighted by Crippen LogP contribution is -2.61. The van der Waals surface area contributed by atoms with Gasteiger partial charge in [-0.05, 0) is 57.0 Å². The summed E-state index contributed by atoms with van der Waals surface area (Å²) in [6.45, 7) is 11.6. The lowest BCUT2D eigenvalue weighted by atomic mass is 9.68. The van der Waals surface area contributed by atoms with E-state index in [1.54, 1.807) is 43.5 Å². The largest absolute Gasteiger partial charge is 0.384 e. The summed E-state index contributed by atoms with van der Waals surface area (Å²) < 4.78 is 0. The van der Waals surface area contributed by atoms with E-state index in [0.717, 1.165) is 28.2 Å². The normalized spacial score (nSPS) is 24.0. The number of pyridine rings is 2. The van der Waals surface area contributed by atoms with Crippen molar-refractivity contribution in [2.24, 2.45) is 10.7 Å². The van der Waals surface area contributed by atoms with E-state index in [4.69, 9.17) is 13.6 Å². The Morgan fingerprint density at radius 1 is 1.42 bits per heavy atom. The number of fused-ring (bicyclic) bond motifs is 1. The van der Waals surface area contributed by atoms with Crippen LogP contribution in [0.25, 0.3) is 0 Å². The molecule has 31 heavy (non-hydrogen) atoms. The lowest BCUT2D eigenvalue weighted by Gasteiger charge is -2.54. The first-order valence-electron chi connectivity index (χ1n) is 10.1. The minimum Gasteiger partial charge on any atom is -0.384 e. The number of amidine groups is 1. The van der Waals surface area contributed by atoms with Crippen molar-refractivity contribution in [2.75, 3.05) is 12.4 Å². The number of nitrogens with one attached hydrogen (secondary N) is 1. The highest BCUT2D eigenvalue weighted by atomic mass is 16.3. The molecule has 0 fully saturated rings. The zero-order valence-corrected chi connectivity index (χ0v) is 18.8. The van der Waals surface area contributed by atoms with Gasteiger partial charge in [-0.1, -0.05) is 6.58 Å². The highest BCUT2D eigenvalue weighted by Gasteiger charge is 2.47. The van der Waals surface area contributed by atoms with Crippen molar-refractivity contribution in [3.05, 3.63) is 71.5 Å². The van der Waals surface area contributed by atoms with Gasteiger partial charge in [0.2, 0.25) is 0 Å². The Bertz CT molecular complexity index is 1070. The first-order valence-corrected chi connectivity index (χ1v) is 10.1. The third kappa shape index (κ3) is 4.34. The zero-order chi connectivity index (χ0) is 23.0. The van der Waals surface area contributed by atoms with E-state index in [1.165, 1.54) is 0 Å². The summed E-state index contributed by atoms with van der Waals surface area (Å²) in [7, 11) is 8.27. The van der Waals surface area contributed by atoms with Gasteiger partial charge in [0.15, 0.2) is 5.72 Å². The average molecular weight is 416 g/mol. The summed E-state index contributed by atoms with van der Waals surface area (Å²) in [6.07, 6.45) is 7.42. The van der Waals surface area contributed by atoms with Crippen molar-refractivity contribution in [2.45, 2.75) is 45.3 Å². The Balaban J connectivity index is 2.04. The van der Waals surface area contributed by atoms with E-state index in [1.807, 2.05) is 32.9 Å². The number of aliphatic imine (C=N–C) groups is 1. The fourth-order valence-corrected chi connectivity index (χ4v) is 4.03. The maximum Gasteiger partial charge on any atom is 0.163 e. The maximum atomic E-state index is 11.7. The second-order valence-electron chi connectivity index (χ2n) is 8.35. The van der Waals surface area contributed by atoms with E-state index in [-0.39, 0.29) is 0 Å². The molecule has 3 heterocycles. The number of hydrogen-bond acceptors (Lipinski definition) is 6. The Hall–Kier alpha value is -3.13. The van der Waals surface area contributed by atoms with Gasteiger partial charge in [-0.15, -0.1) is 0 Å². The van der Waals surface area contributed by atoms with Crippen molar-refractivity contribution in [1.29, 1.82) is 0 Å². The van der Waals surface area contributed by atoms with Gasteiger partial charge < -0.3 is 21.1 Å². The van der Waals surface area contributed by atoms with Crippen LogP contribution in [0.1, 0.15) is 37.6 Å². The van der Waals surface area contributed by atoms with E-state index >= 15 is 0 Å². The van der Waals surface area contributed by atoms with Crippen LogP contribution in [0.2, 0.25) is 0 Å². The van der Waals surface area contributed by atoms with Gasteiger partial charge in [0.25, 0.3) is 0 Å². The SMILES string of the molecule is [B]C1(C)Cc2ncc(Nc3ccncc3C)cc2C(C)(O)N1C(=C)/C(C)=C\C(N)=NC. The molecule has 8 heteroatoms. The molecule has 2 unspecified atom stereocenters. The highest BCUT2D eigenvalue weighted by Crippen LogP contribution is 2.44. The predicted molar refractivity (Wildman–Crippen MR) is 126 cm³/mol. The molecule has 0 saturated carbocycles. The van der Waals surface area contributed by atoms with Crippen LogP contribution < -0.4 is 11.1 Å². The number of aromatic nitrogens is 2. The number of aliphatic hydroxyl groups is 1. The first kappa shape index (κ1) is 22.6. The summed E-state index contributed by atoms with van der Waals surface area (Å²) in [4.78, 5) is 14.4. The molecular weight excluding hydrogens is 387 g/mol. The van der Waals surface area contributed by atoms with Gasteiger partial charge >= 0.3 is 0 Å². The molecule has 160 valence electrons. The Labute approximate surface area is 185 Å². The molecule has 7 nitrogen and oxygen atoms in total. The standard InChI is InChI=1S/C23H29BN6O/c1-14(9-21(25)26-6)16(3)30-22(4,24)11-20-18(23(30,5)31)10-17(13-28-20)29-19-7-8-27-12-15(19)2/h7-10,12-13,31H,3,11H2,1-2,4-6H3,(H2,25,26)(H,27,29)/b14-9-. The molecular formula is C23H29BN6O. The molecule has 0 bridgehead atoms. The van der Waals surface area contributed by atoms with Crippen LogP contribution in [0.5, 0.6) is 0 Å². The van der Waals surface area contributed by atoms with Gasteiger partial charge in [-0.25, -0.2) is 0 Å². The second kappa shape index (κ2) is 8.19. The van der Waals surface area contributed by atoms with Gasteiger partial charge in [0.05, 0.1) is 11.9 Å². The van der Waals surface area contributed by atoms with Crippen molar-refractivity contribution in [1.82, 2.24) is 14.9 Å². The van der Waals surface area contributed by atoms with Crippen molar-refractivity contribution in [3.8, 4) is 0 Å². The molecule has 1 aliphatic heterocycles. The molecule has 2 aromatic heterocycles. The van der Waals surface area contributed by atoms with Crippen LogP contribution >= 0.6 is 0 Å². The summed E-state index contributed by atoms with van der Waals surface area (Å²) in [6, 6.07) is 3.80. The van der Waals surface area contributed by atoms with Crippen LogP contribution in [-0.2, 0) is 12.1 Å². The molecule has 0 amide bonds.